The quantitative estimate of drug-likeness (QED) is 0.734. The number of carbonyl (C=O) groups is 1. The van der Waals surface area contributed by atoms with Crippen molar-refractivity contribution in [2.24, 2.45) is 0 Å². The third-order valence-electron chi connectivity index (χ3n) is 2.62. The summed E-state index contributed by atoms with van der Waals surface area (Å²) in [5.74, 6) is 0. The fraction of sp³-hybridized carbons (Fsp3) is 0.462. The SMILES string of the molecule is CCC(CCO)NC(=O)Nc1ccc(C)cc1. The molecule has 0 saturated heterocycles. The highest BCUT2D eigenvalue weighted by Gasteiger charge is 2.09. The molecule has 0 heterocycles. The Balaban J connectivity index is 2.46. The maximum Gasteiger partial charge on any atom is 0.319 e. The van der Waals surface area contributed by atoms with Crippen LogP contribution in [0, 0.1) is 6.92 Å². The van der Waals surface area contributed by atoms with Crippen LogP contribution >= 0.6 is 0 Å². The molecule has 1 aromatic carbocycles. The van der Waals surface area contributed by atoms with Crippen molar-refractivity contribution in [1.29, 1.82) is 0 Å². The number of anilines is 1. The largest absolute Gasteiger partial charge is 0.396 e. The van der Waals surface area contributed by atoms with Crippen LogP contribution in [0.5, 0.6) is 0 Å². The lowest BCUT2D eigenvalue weighted by Gasteiger charge is -2.16. The van der Waals surface area contributed by atoms with E-state index < -0.39 is 0 Å². The fourth-order valence-corrected chi connectivity index (χ4v) is 1.52. The Bertz CT molecular complexity index is 349. The molecule has 4 nitrogen and oxygen atoms in total. The van der Waals surface area contributed by atoms with Gasteiger partial charge in [0.25, 0.3) is 0 Å². The number of aliphatic hydroxyl groups excluding tert-OH is 1. The molecule has 0 fully saturated rings. The van der Waals surface area contributed by atoms with E-state index in [0.29, 0.717) is 6.42 Å². The Kier molecular flexibility index (Phi) is 5.49. The first-order valence-electron chi connectivity index (χ1n) is 5.90. The van der Waals surface area contributed by atoms with Gasteiger partial charge < -0.3 is 15.7 Å². The van der Waals surface area contributed by atoms with Gasteiger partial charge >= 0.3 is 6.03 Å². The number of nitrogens with one attached hydrogen (secondary N) is 2. The number of benzene rings is 1. The van der Waals surface area contributed by atoms with E-state index in [9.17, 15) is 4.79 Å². The molecule has 1 aromatic rings. The molecule has 0 saturated carbocycles. The highest BCUT2D eigenvalue weighted by atomic mass is 16.3. The van der Waals surface area contributed by atoms with E-state index in [1.807, 2.05) is 38.1 Å². The molecule has 94 valence electrons. The van der Waals surface area contributed by atoms with Gasteiger partial charge in [-0.1, -0.05) is 24.6 Å². The van der Waals surface area contributed by atoms with Gasteiger partial charge in [-0.05, 0) is 31.9 Å². The fourth-order valence-electron chi connectivity index (χ4n) is 1.52. The zero-order valence-electron chi connectivity index (χ0n) is 10.4. The molecule has 0 aliphatic heterocycles. The van der Waals surface area contributed by atoms with E-state index in [4.69, 9.17) is 5.11 Å². The molecule has 0 bridgehead atoms. The summed E-state index contributed by atoms with van der Waals surface area (Å²) in [4.78, 5) is 11.6. The summed E-state index contributed by atoms with van der Waals surface area (Å²) in [6.07, 6.45) is 1.39. The van der Waals surface area contributed by atoms with Gasteiger partial charge in [0, 0.05) is 18.3 Å². The van der Waals surface area contributed by atoms with Crippen molar-refractivity contribution in [2.75, 3.05) is 11.9 Å². The van der Waals surface area contributed by atoms with Crippen molar-refractivity contribution in [1.82, 2.24) is 5.32 Å². The van der Waals surface area contributed by atoms with Crippen molar-refractivity contribution < 1.29 is 9.90 Å². The average Bonchev–Trinajstić information content (AvgIpc) is 2.31. The van der Waals surface area contributed by atoms with Crippen LogP contribution in [0.3, 0.4) is 0 Å². The smallest absolute Gasteiger partial charge is 0.319 e. The lowest BCUT2D eigenvalue weighted by molar-refractivity contribution is 0.237. The van der Waals surface area contributed by atoms with Crippen molar-refractivity contribution >= 4 is 11.7 Å². The van der Waals surface area contributed by atoms with E-state index in [0.717, 1.165) is 17.7 Å². The molecule has 3 N–H and O–H groups in total. The topological polar surface area (TPSA) is 61.4 Å². The van der Waals surface area contributed by atoms with Crippen molar-refractivity contribution in [3.8, 4) is 0 Å². The third-order valence-corrected chi connectivity index (χ3v) is 2.62. The second kappa shape index (κ2) is 6.91. The maximum atomic E-state index is 11.6. The van der Waals surface area contributed by atoms with Crippen LogP contribution < -0.4 is 10.6 Å². The molecule has 1 atom stereocenters. The van der Waals surface area contributed by atoms with E-state index in [2.05, 4.69) is 10.6 Å². The molecule has 2 amide bonds. The summed E-state index contributed by atoms with van der Waals surface area (Å²) < 4.78 is 0. The Labute approximate surface area is 102 Å². The van der Waals surface area contributed by atoms with Gasteiger partial charge in [0.15, 0.2) is 0 Å². The summed E-state index contributed by atoms with van der Waals surface area (Å²) >= 11 is 0. The van der Waals surface area contributed by atoms with Crippen molar-refractivity contribution in [3.05, 3.63) is 29.8 Å². The minimum absolute atomic E-state index is 0.0189. The van der Waals surface area contributed by atoms with Gasteiger partial charge in [-0.15, -0.1) is 0 Å². The molecule has 0 aliphatic carbocycles. The molecule has 17 heavy (non-hydrogen) atoms. The van der Waals surface area contributed by atoms with E-state index in [1.165, 1.54) is 0 Å². The van der Waals surface area contributed by atoms with Crippen LogP contribution in [-0.4, -0.2) is 23.8 Å². The molecule has 1 unspecified atom stereocenters. The molecular formula is C13H20N2O2. The highest BCUT2D eigenvalue weighted by Crippen LogP contribution is 2.08. The van der Waals surface area contributed by atoms with Crippen molar-refractivity contribution in [3.63, 3.8) is 0 Å². The number of hydrogen-bond acceptors (Lipinski definition) is 2. The molecular weight excluding hydrogens is 216 g/mol. The van der Waals surface area contributed by atoms with Gasteiger partial charge in [-0.2, -0.15) is 0 Å². The summed E-state index contributed by atoms with van der Waals surface area (Å²) in [5.41, 5.74) is 1.93. The summed E-state index contributed by atoms with van der Waals surface area (Å²) in [6.45, 7) is 4.06. The molecule has 0 aliphatic rings. The van der Waals surface area contributed by atoms with Crippen LogP contribution in [0.4, 0.5) is 10.5 Å². The van der Waals surface area contributed by atoms with Crippen LogP contribution in [0.25, 0.3) is 0 Å². The third kappa shape index (κ3) is 4.87. The van der Waals surface area contributed by atoms with Crippen LogP contribution in [0.1, 0.15) is 25.3 Å². The maximum absolute atomic E-state index is 11.6. The Morgan fingerprint density at radius 1 is 1.35 bits per heavy atom. The zero-order valence-corrected chi connectivity index (χ0v) is 10.4. The predicted octanol–water partition coefficient (Wildman–Crippen LogP) is 2.28. The van der Waals surface area contributed by atoms with Crippen LogP contribution in [0.2, 0.25) is 0 Å². The molecule has 0 spiro atoms. The summed E-state index contributed by atoms with van der Waals surface area (Å²) in [5, 5.41) is 14.4. The molecule has 0 radical (unpaired) electrons. The second-order valence-corrected chi connectivity index (χ2v) is 4.08. The van der Waals surface area contributed by atoms with Gasteiger partial charge in [-0.25, -0.2) is 4.79 Å². The number of amides is 2. The number of carbonyl (C=O) groups excluding carboxylic acids is 1. The summed E-state index contributed by atoms with van der Waals surface area (Å²) in [7, 11) is 0. The van der Waals surface area contributed by atoms with E-state index in [-0.39, 0.29) is 18.7 Å². The second-order valence-electron chi connectivity index (χ2n) is 4.08. The Morgan fingerprint density at radius 2 is 2.00 bits per heavy atom. The molecule has 4 heteroatoms. The van der Waals surface area contributed by atoms with Gasteiger partial charge in [0.1, 0.15) is 0 Å². The van der Waals surface area contributed by atoms with Gasteiger partial charge in [0.05, 0.1) is 0 Å². The minimum Gasteiger partial charge on any atom is -0.396 e. The lowest BCUT2D eigenvalue weighted by Crippen LogP contribution is -2.38. The molecule has 0 aromatic heterocycles. The minimum atomic E-state index is -0.228. The van der Waals surface area contributed by atoms with E-state index in [1.54, 1.807) is 0 Å². The van der Waals surface area contributed by atoms with Crippen LogP contribution in [-0.2, 0) is 0 Å². The first-order valence-corrected chi connectivity index (χ1v) is 5.90. The molecule has 1 rings (SSSR count). The number of aryl methyl sites for hydroxylation is 1. The lowest BCUT2D eigenvalue weighted by atomic mass is 10.1. The zero-order chi connectivity index (χ0) is 12.7. The first-order chi connectivity index (χ1) is 8.15. The summed E-state index contributed by atoms with van der Waals surface area (Å²) in [6, 6.07) is 7.41. The standard InChI is InChI=1S/C13H20N2O2/c1-3-11(8-9-16)14-13(17)15-12-6-4-10(2)5-7-12/h4-7,11,16H,3,8-9H2,1-2H3,(H2,14,15,17). The number of aliphatic hydroxyl groups is 1. The first kappa shape index (κ1) is 13.5. The normalized spacial score (nSPS) is 11.9. The number of urea groups is 1. The average molecular weight is 236 g/mol. The number of hydrogen-bond donors (Lipinski definition) is 3. The number of rotatable bonds is 5. The van der Waals surface area contributed by atoms with E-state index >= 15 is 0 Å². The van der Waals surface area contributed by atoms with Gasteiger partial charge in [-0.3, -0.25) is 0 Å². The Hall–Kier alpha value is -1.55. The monoisotopic (exact) mass is 236 g/mol. The highest BCUT2D eigenvalue weighted by molar-refractivity contribution is 5.89. The van der Waals surface area contributed by atoms with Crippen molar-refractivity contribution in [2.45, 2.75) is 32.7 Å². The van der Waals surface area contributed by atoms with Crippen LogP contribution in [0.15, 0.2) is 24.3 Å². The Morgan fingerprint density at radius 3 is 2.53 bits per heavy atom. The van der Waals surface area contributed by atoms with Gasteiger partial charge in [0.2, 0.25) is 0 Å². The predicted molar refractivity (Wildman–Crippen MR) is 69.1 cm³/mol.